The van der Waals surface area contributed by atoms with Crippen molar-refractivity contribution in [1.29, 1.82) is 0 Å². The van der Waals surface area contributed by atoms with Gasteiger partial charge in [0.15, 0.2) is 10.3 Å². The Morgan fingerprint density at radius 3 is 2.33 bits per heavy atom. The highest BCUT2D eigenvalue weighted by atomic mass is 32.2. The minimum Gasteiger partial charge on any atom is -0.450 e. The lowest BCUT2D eigenvalue weighted by Crippen LogP contribution is -2.28. The maximum absolute atomic E-state index is 13.6. The number of hydrogen-bond donors (Lipinski definition) is 0. The van der Waals surface area contributed by atoms with Crippen LogP contribution in [0.5, 0.6) is 0 Å². The van der Waals surface area contributed by atoms with E-state index < -0.39 is 0 Å². The van der Waals surface area contributed by atoms with Gasteiger partial charge in [-0.25, -0.2) is 4.99 Å². The summed E-state index contributed by atoms with van der Waals surface area (Å²) in [4.78, 5) is 20.5. The van der Waals surface area contributed by atoms with Crippen molar-refractivity contribution in [3.63, 3.8) is 0 Å². The number of para-hydroxylation sites is 1. The first-order valence-corrected chi connectivity index (χ1v) is 13.7. The third-order valence-corrected chi connectivity index (χ3v) is 7.69. The molecular formula is C29H22N6O2S2. The standard InChI is InChI=1S/C29H22N6O2S2/c1-19-8-12-21(13-9-19)30-28-34(22-14-10-20(2)11-15-22)27(36)25(38-28)18-24-16-17-26(37-24)39-29-31-32-33-35(29)23-6-4-3-5-7-23/h3-18H,1-2H3/b25-18-,30-28?. The van der Waals surface area contributed by atoms with E-state index in [2.05, 4.69) is 15.5 Å². The number of anilines is 1. The fourth-order valence-electron chi connectivity index (χ4n) is 3.86. The van der Waals surface area contributed by atoms with Gasteiger partial charge in [-0.3, -0.25) is 9.69 Å². The third-order valence-electron chi connectivity index (χ3n) is 5.87. The molecular weight excluding hydrogens is 528 g/mol. The molecule has 1 aliphatic rings. The molecule has 39 heavy (non-hydrogen) atoms. The van der Waals surface area contributed by atoms with Gasteiger partial charge >= 0.3 is 0 Å². The van der Waals surface area contributed by atoms with E-state index in [4.69, 9.17) is 9.41 Å². The molecule has 3 heterocycles. The average Bonchev–Trinajstić information content (AvgIpc) is 3.67. The number of aliphatic imine (C=N–C) groups is 1. The number of aryl methyl sites for hydroxylation is 2. The van der Waals surface area contributed by atoms with Crippen LogP contribution in [-0.4, -0.2) is 31.3 Å². The Hall–Kier alpha value is -4.41. The molecule has 1 saturated heterocycles. The fourth-order valence-corrected chi connectivity index (χ4v) is 5.60. The highest BCUT2D eigenvalue weighted by Gasteiger charge is 2.35. The minimum absolute atomic E-state index is 0.159. The summed E-state index contributed by atoms with van der Waals surface area (Å²) >= 11 is 2.62. The molecule has 0 saturated carbocycles. The van der Waals surface area contributed by atoms with Crippen molar-refractivity contribution in [2.45, 2.75) is 24.1 Å². The van der Waals surface area contributed by atoms with Gasteiger partial charge in [-0.15, -0.1) is 5.10 Å². The summed E-state index contributed by atoms with van der Waals surface area (Å²) in [6.45, 7) is 4.05. The molecule has 0 aliphatic carbocycles. The van der Waals surface area contributed by atoms with E-state index in [0.29, 0.717) is 26.1 Å². The quantitative estimate of drug-likeness (QED) is 0.214. The Morgan fingerprint density at radius 2 is 1.59 bits per heavy atom. The van der Waals surface area contributed by atoms with Crippen molar-refractivity contribution in [3.05, 3.63) is 113 Å². The molecule has 1 amide bonds. The summed E-state index contributed by atoms with van der Waals surface area (Å²) in [7, 11) is 0. The van der Waals surface area contributed by atoms with Gasteiger partial charge in [-0.05, 0) is 96.3 Å². The van der Waals surface area contributed by atoms with Crippen molar-refractivity contribution >= 4 is 52.0 Å². The zero-order chi connectivity index (χ0) is 26.8. The zero-order valence-electron chi connectivity index (χ0n) is 21.1. The Balaban J connectivity index is 1.28. The maximum Gasteiger partial charge on any atom is 0.271 e. The lowest BCUT2D eigenvalue weighted by molar-refractivity contribution is -0.113. The molecule has 10 heteroatoms. The molecule has 0 bridgehead atoms. The van der Waals surface area contributed by atoms with E-state index in [1.807, 2.05) is 105 Å². The molecule has 8 nitrogen and oxygen atoms in total. The fraction of sp³-hybridized carbons (Fsp3) is 0.0690. The minimum atomic E-state index is -0.159. The van der Waals surface area contributed by atoms with Gasteiger partial charge in [0.2, 0.25) is 5.16 Å². The molecule has 6 rings (SSSR count). The number of nitrogens with zero attached hydrogens (tertiary/aromatic N) is 6. The number of thioether (sulfide) groups is 1. The third kappa shape index (κ3) is 5.43. The summed E-state index contributed by atoms with van der Waals surface area (Å²) in [5, 5.41) is 13.8. The molecule has 2 aromatic heterocycles. The predicted molar refractivity (Wildman–Crippen MR) is 154 cm³/mol. The van der Waals surface area contributed by atoms with E-state index in [9.17, 15) is 4.79 Å². The van der Waals surface area contributed by atoms with Gasteiger partial charge in [0.1, 0.15) is 5.76 Å². The molecule has 1 aliphatic heterocycles. The first kappa shape index (κ1) is 24.9. The number of amidine groups is 1. The number of aromatic nitrogens is 4. The molecule has 3 aromatic carbocycles. The van der Waals surface area contributed by atoms with Gasteiger partial charge < -0.3 is 4.42 Å². The topological polar surface area (TPSA) is 89.4 Å². The summed E-state index contributed by atoms with van der Waals surface area (Å²) in [5.41, 5.74) is 4.65. The summed E-state index contributed by atoms with van der Waals surface area (Å²) in [6.07, 6.45) is 1.75. The highest BCUT2D eigenvalue weighted by Crippen LogP contribution is 2.38. The number of benzene rings is 3. The van der Waals surface area contributed by atoms with Crippen LogP contribution in [0, 0.1) is 13.8 Å². The van der Waals surface area contributed by atoms with Crippen LogP contribution in [0.15, 0.2) is 116 Å². The largest absolute Gasteiger partial charge is 0.450 e. The second kappa shape index (κ2) is 10.8. The summed E-state index contributed by atoms with van der Waals surface area (Å²) in [6, 6.07) is 29.0. The molecule has 0 unspecified atom stereocenters. The van der Waals surface area contributed by atoms with Crippen molar-refractivity contribution in [3.8, 4) is 5.69 Å². The number of tetrazole rings is 1. The van der Waals surface area contributed by atoms with E-state index >= 15 is 0 Å². The molecule has 0 N–H and O–H groups in total. The Kier molecular flexibility index (Phi) is 6.87. The average molecular weight is 551 g/mol. The monoisotopic (exact) mass is 550 g/mol. The number of amides is 1. The second-order valence-corrected chi connectivity index (χ2v) is 10.8. The number of hydrogen-bond acceptors (Lipinski definition) is 8. The van der Waals surface area contributed by atoms with Gasteiger partial charge in [0.25, 0.3) is 5.91 Å². The number of rotatable bonds is 6. The number of furan rings is 1. The van der Waals surface area contributed by atoms with Crippen LogP contribution in [-0.2, 0) is 4.79 Å². The number of carbonyl (C=O) groups is 1. The molecule has 0 atom stereocenters. The highest BCUT2D eigenvalue weighted by molar-refractivity contribution is 8.19. The zero-order valence-corrected chi connectivity index (χ0v) is 22.7. The lowest BCUT2D eigenvalue weighted by Gasteiger charge is -2.16. The Labute approximate surface area is 233 Å². The Morgan fingerprint density at radius 1 is 0.872 bits per heavy atom. The summed E-state index contributed by atoms with van der Waals surface area (Å²) in [5.74, 6) is 0.390. The van der Waals surface area contributed by atoms with Crippen molar-refractivity contribution in [2.75, 3.05) is 4.90 Å². The molecule has 5 aromatic rings. The first-order chi connectivity index (χ1) is 19.0. The van der Waals surface area contributed by atoms with Crippen LogP contribution in [0.3, 0.4) is 0 Å². The van der Waals surface area contributed by atoms with Gasteiger partial charge in [0, 0.05) is 6.08 Å². The lowest BCUT2D eigenvalue weighted by atomic mass is 10.2. The van der Waals surface area contributed by atoms with E-state index in [0.717, 1.165) is 28.2 Å². The van der Waals surface area contributed by atoms with Crippen LogP contribution >= 0.6 is 23.5 Å². The molecule has 0 radical (unpaired) electrons. The van der Waals surface area contributed by atoms with Crippen LogP contribution in [0.1, 0.15) is 16.9 Å². The van der Waals surface area contributed by atoms with Gasteiger partial charge in [-0.2, -0.15) is 4.68 Å². The van der Waals surface area contributed by atoms with Crippen LogP contribution in [0.2, 0.25) is 0 Å². The van der Waals surface area contributed by atoms with E-state index in [-0.39, 0.29) is 5.91 Å². The van der Waals surface area contributed by atoms with Crippen molar-refractivity contribution in [2.24, 2.45) is 4.99 Å². The molecule has 1 fully saturated rings. The van der Waals surface area contributed by atoms with Gasteiger partial charge in [-0.1, -0.05) is 53.6 Å². The van der Waals surface area contributed by atoms with Crippen LogP contribution in [0.4, 0.5) is 11.4 Å². The van der Waals surface area contributed by atoms with Crippen molar-refractivity contribution < 1.29 is 9.21 Å². The van der Waals surface area contributed by atoms with E-state index in [1.165, 1.54) is 23.5 Å². The van der Waals surface area contributed by atoms with Gasteiger partial charge in [0.05, 0.1) is 22.0 Å². The number of carbonyl (C=O) groups excluding carboxylic acids is 1. The maximum atomic E-state index is 13.6. The summed E-state index contributed by atoms with van der Waals surface area (Å²) < 4.78 is 7.68. The first-order valence-electron chi connectivity index (χ1n) is 12.1. The van der Waals surface area contributed by atoms with Crippen molar-refractivity contribution in [1.82, 2.24) is 20.2 Å². The predicted octanol–water partition coefficient (Wildman–Crippen LogP) is 6.83. The van der Waals surface area contributed by atoms with Crippen LogP contribution in [0.25, 0.3) is 11.8 Å². The molecule has 192 valence electrons. The molecule has 0 spiro atoms. The van der Waals surface area contributed by atoms with Crippen LogP contribution < -0.4 is 4.90 Å². The Bertz CT molecular complexity index is 1690. The normalized spacial score (nSPS) is 15.5. The van der Waals surface area contributed by atoms with E-state index in [1.54, 1.807) is 15.7 Å². The SMILES string of the molecule is Cc1ccc(N=C2S/C(=C\c3ccc(Sc4nnnn4-c4ccccc4)o3)C(=O)N2c2ccc(C)cc2)cc1. The second-order valence-electron chi connectivity index (χ2n) is 8.78. The smallest absolute Gasteiger partial charge is 0.271 e.